The summed E-state index contributed by atoms with van der Waals surface area (Å²) in [5.41, 5.74) is -0.653. The van der Waals surface area contributed by atoms with E-state index in [4.69, 9.17) is 9.47 Å². The molecule has 0 aromatic rings. The molecule has 0 bridgehead atoms. The minimum Gasteiger partial charge on any atom is -0.465 e. The molecular weight excluding hydrogens is 206 g/mol. The number of nitrogens with one attached hydrogen (secondary N) is 1. The van der Waals surface area contributed by atoms with Crippen LogP contribution in [-0.2, 0) is 14.3 Å². The summed E-state index contributed by atoms with van der Waals surface area (Å²) < 4.78 is 10.5. The molecule has 0 aliphatic rings. The van der Waals surface area contributed by atoms with Crippen molar-refractivity contribution in [3.8, 4) is 0 Å². The van der Waals surface area contributed by atoms with Gasteiger partial charge in [-0.2, -0.15) is 0 Å². The maximum atomic E-state index is 11.9. The number of hydrogen-bond donors (Lipinski definition) is 1. The maximum Gasteiger partial charge on any atom is 0.326 e. The minimum atomic E-state index is -0.653. The van der Waals surface area contributed by atoms with Crippen molar-refractivity contribution in [2.75, 3.05) is 19.8 Å². The largest absolute Gasteiger partial charge is 0.465 e. The Morgan fingerprint density at radius 1 is 1.31 bits per heavy atom. The van der Waals surface area contributed by atoms with Crippen LogP contribution in [0.25, 0.3) is 0 Å². The van der Waals surface area contributed by atoms with Gasteiger partial charge < -0.3 is 14.8 Å². The van der Waals surface area contributed by atoms with E-state index >= 15 is 0 Å². The number of hydrogen-bond acceptors (Lipinski definition) is 4. The van der Waals surface area contributed by atoms with E-state index in [1.165, 1.54) is 0 Å². The zero-order valence-electron chi connectivity index (χ0n) is 11.1. The standard InChI is InChI=1S/C12H25NO3/c1-6-13-12(5,11(14)16-8-3)9-10(4)15-7-2/h10,13H,6-9H2,1-5H3. The van der Waals surface area contributed by atoms with Crippen LogP contribution in [0.4, 0.5) is 0 Å². The number of esters is 1. The van der Waals surface area contributed by atoms with Crippen molar-refractivity contribution in [3.05, 3.63) is 0 Å². The lowest BCUT2D eigenvalue weighted by atomic mass is 9.94. The van der Waals surface area contributed by atoms with Gasteiger partial charge in [0, 0.05) is 13.0 Å². The average molecular weight is 231 g/mol. The number of likely N-dealkylation sites (N-methyl/N-ethyl adjacent to an activating group) is 1. The van der Waals surface area contributed by atoms with Gasteiger partial charge in [-0.05, 0) is 34.2 Å². The lowest BCUT2D eigenvalue weighted by Gasteiger charge is -2.30. The molecule has 4 heteroatoms. The van der Waals surface area contributed by atoms with Crippen LogP contribution in [0.3, 0.4) is 0 Å². The highest BCUT2D eigenvalue weighted by Crippen LogP contribution is 2.16. The summed E-state index contributed by atoms with van der Waals surface area (Å²) in [6.07, 6.45) is 0.659. The highest BCUT2D eigenvalue weighted by molar-refractivity contribution is 5.80. The van der Waals surface area contributed by atoms with Crippen LogP contribution in [0.1, 0.15) is 41.0 Å². The highest BCUT2D eigenvalue weighted by Gasteiger charge is 2.35. The zero-order chi connectivity index (χ0) is 12.6. The Kier molecular flexibility index (Phi) is 7.34. The molecule has 0 radical (unpaired) electrons. The zero-order valence-corrected chi connectivity index (χ0v) is 11.1. The van der Waals surface area contributed by atoms with Crippen LogP contribution in [0.5, 0.6) is 0 Å². The number of carbonyl (C=O) groups is 1. The fraction of sp³-hybridized carbons (Fsp3) is 0.917. The predicted octanol–water partition coefficient (Wildman–Crippen LogP) is 1.73. The molecule has 2 atom stereocenters. The summed E-state index contributed by atoms with van der Waals surface area (Å²) in [7, 11) is 0. The van der Waals surface area contributed by atoms with Gasteiger partial charge in [0.05, 0.1) is 12.7 Å². The monoisotopic (exact) mass is 231 g/mol. The Morgan fingerprint density at radius 3 is 2.38 bits per heavy atom. The Morgan fingerprint density at radius 2 is 1.94 bits per heavy atom. The van der Waals surface area contributed by atoms with Gasteiger partial charge in [-0.1, -0.05) is 6.92 Å². The smallest absolute Gasteiger partial charge is 0.326 e. The molecule has 2 unspecified atom stereocenters. The molecule has 0 heterocycles. The highest BCUT2D eigenvalue weighted by atomic mass is 16.5. The minimum absolute atomic E-state index is 0.0402. The van der Waals surface area contributed by atoms with Crippen molar-refractivity contribution in [3.63, 3.8) is 0 Å². The van der Waals surface area contributed by atoms with Crippen LogP contribution < -0.4 is 5.32 Å². The van der Waals surface area contributed by atoms with Gasteiger partial charge in [0.1, 0.15) is 5.54 Å². The van der Waals surface area contributed by atoms with Gasteiger partial charge >= 0.3 is 5.97 Å². The number of rotatable bonds is 8. The molecule has 0 saturated carbocycles. The van der Waals surface area contributed by atoms with Gasteiger partial charge in [-0.15, -0.1) is 0 Å². The van der Waals surface area contributed by atoms with Crippen LogP contribution in [0, 0.1) is 0 Å². The topological polar surface area (TPSA) is 47.6 Å². The molecule has 0 spiro atoms. The Balaban J connectivity index is 4.48. The first kappa shape index (κ1) is 15.4. The van der Waals surface area contributed by atoms with Crippen molar-refractivity contribution in [1.82, 2.24) is 5.32 Å². The van der Waals surface area contributed by atoms with E-state index < -0.39 is 5.54 Å². The third kappa shape index (κ3) is 4.94. The molecule has 0 amide bonds. The normalized spacial score (nSPS) is 16.6. The Labute approximate surface area is 98.7 Å². The van der Waals surface area contributed by atoms with E-state index in [2.05, 4.69) is 5.32 Å². The molecular formula is C12H25NO3. The van der Waals surface area contributed by atoms with E-state index in [1.807, 2.05) is 34.6 Å². The van der Waals surface area contributed by atoms with Crippen molar-refractivity contribution < 1.29 is 14.3 Å². The van der Waals surface area contributed by atoms with Crippen LogP contribution >= 0.6 is 0 Å². The fourth-order valence-corrected chi connectivity index (χ4v) is 1.83. The molecule has 96 valence electrons. The van der Waals surface area contributed by atoms with E-state index in [0.29, 0.717) is 19.6 Å². The summed E-state index contributed by atoms with van der Waals surface area (Å²) in [6, 6.07) is 0. The lowest BCUT2D eigenvalue weighted by molar-refractivity contribution is -0.152. The summed E-state index contributed by atoms with van der Waals surface area (Å²) in [5.74, 6) is -0.205. The second-order valence-electron chi connectivity index (χ2n) is 4.05. The molecule has 0 aliphatic heterocycles. The molecule has 16 heavy (non-hydrogen) atoms. The van der Waals surface area contributed by atoms with Gasteiger partial charge in [0.25, 0.3) is 0 Å². The molecule has 0 saturated heterocycles. The first-order chi connectivity index (χ1) is 7.50. The maximum absolute atomic E-state index is 11.9. The van der Waals surface area contributed by atoms with Crippen LogP contribution in [-0.4, -0.2) is 37.4 Å². The van der Waals surface area contributed by atoms with E-state index in [9.17, 15) is 4.79 Å². The second-order valence-corrected chi connectivity index (χ2v) is 4.05. The molecule has 0 aromatic heterocycles. The lowest BCUT2D eigenvalue weighted by Crippen LogP contribution is -2.52. The summed E-state index contributed by atoms with van der Waals surface area (Å²) in [4.78, 5) is 11.9. The Bertz CT molecular complexity index is 208. The molecule has 0 aliphatic carbocycles. The molecule has 0 aromatic carbocycles. The van der Waals surface area contributed by atoms with Gasteiger partial charge in [-0.3, -0.25) is 4.79 Å². The third-order valence-corrected chi connectivity index (χ3v) is 2.44. The van der Waals surface area contributed by atoms with E-state index in [0.717, 1.165) is 6.54 Å². The van der Waals surface area contributed by atoms with Crippen molar-refractivity contribution in [1.29, 1.82) is 0 Å². The molecule has 1 N–H and O–H groups in total. The molecule has 0 fully saturated rings. The van der Waals surface area contributed by atoms with E-state index in [-0.39, 0.29) is 12.1 Å². The first-order valence-corrected chi connectivity index (χ1v) is 6.04. The van der Waals surface area contributed by atoms with E-state index in [1.54, 1.807) is 0 Å². The SMILES string of the molecule is CCNC(C)(CC(C)OCC)C(=O)OCC. The summed E-state index contributed by atoms with van der Waals surface area (Å²) in [6.45, 7) is 11.4. The van der Waals surface area contributed by atoms with Crippen LogP contribution in [0.15, 0.2) is 0 Å². The Hall–Kier alpha value is -0.610. The summed E-state index contributed by atoms with van der Waals surface area (Å²) >= 11 is 0. The second kappa shape index (κ2) is 7.63. The van der Waals surface area contributed by atoms with Crippen molar-refractivity contribution >= 4 is 5.97 Å². The average Bonchev–Trinajstić information content (AvgIpc) is 2.18. The number of carbonyl (C=O) groups excluding carboxylic acids is 1. The van der Waals surface area contributed by atoms with Gasteiger partial charge in [-0.25, -0.2) is 0 Å². The molecule has 0 rings (SSSR count). The van der Waals surface area contributed by atoms with Gasteiger partial charge in [0.15, 0.2) is 0 Å². The molecule has 4 nitrogen and oxygen atoms in total. The fourth-order valence-electron chi connectivity index (χ4n) is 1.83. The van der Waals surface area contributed by atoms with Crippen molar-refractivity contribution in [2.45, 2.75) is 52.7 Å². The van der Waals surface area contributed by atoms with Crippen molar-refractivity contribution in [2.24, 2.45) is 0 Å². The van der Waals surface area contributed by atoms with Crippen LogP contribution in [0.2, 0.25) is 0 Å². The summed E-state index contributed by atoms with van der Waals surface area (Å²) in [5, 5.41) is 3.18. The predicted molar refractivity (Wildman–Crippen MR) is 64.4 cm³/mol. The first-order valence-electron chi connectivity index (χ1n) is 6.04. The third-order valence-electron chi connectivity index (χ3n) is 2.44. The van der Waals surface area contributed by atoms with Gasteiger partial charge in [0.2, 0.25) is 0 Å². The number of ether oxygens (including phenoxy) is 2. The quantitative estimate of drug-likeness (QED) is 0.646.